The monoisotopic (exact) mass is 286 g/mol. The summed E-state index contributed by atoms with van der Waals surface area (Å²) in [6.07, 6.45) is 2.56. The Balaban J connectivity index is 2.39. The zero-order valence-corrected chi connectivity index (χ0v) is 12.7. The van der Waals surface area contributed by atoms with Gasteiger partial charge in [0.15, 0.2) is 0 Å². The molecule has 0 aromatic rings. The van der Waals surface area contributed by atoms with Gasteiger partial charge in [-0.15, -0.1) is 0 Å². The van der Waals surface area contributed by atoms with E-state index in [4.69, 9.17) is 9.47 Å². The van der Waals surface area contributed by atoms with Gasteiger partial charge in [-0.1, -0.05) is 0 Å². The summed E-state index contributed by atoms with van der Waals surface area (Å²) in [6.45, 7) is 4.58. The number of carbonyl (C=O) groups is 2. The fraction of sp³-hybridized carbons (Fsp3) is 0.857. The molecule has 116 valence electrons. The molecule has 1 aliphatic rings. The summed E-state index contributed by atoms with van der Waals surface area (Å²) in [5.74, 6) is -0.286. The average molecular weight is 286 g/mol. The summed E-state index contributed by atoms with van der Waals surface area (Å²) in [7, 11) is 3.05. The lowest BCUT2D eigenvalue weighted by Gasteiger charge is -2.34. The molecule has 0 saturated carbocycles. The fourth-order valence-corrected chi connectivity index (χ4v) is 2.46. The second kappa shape index (κ2) is 8.92. The Hall–Kier alpha value is -1.14. The Kier molecular flexibility index (Phi) is 7.54. The third-order valence-corrected chi connectivity index (χ3v) is 3.74. The van der Waals surface area contributed by atoms with E-state index in [2.05, 4.69) is 10.2 Å². The molecule has 1 unspecified atom stereocenters. The van der Waals surface area contributed by atoms with E-state index in [0.717, 1.165) is 25.8 Å². The summed E-state index contributed by atoms with van der Waals surface area (Å²) in [6, 6.07) is -0.218. The third-order valence-electron chi connectivity index (χ3n) is 3.74. The van der Waals surface area contributed by atoms with E-state index in [-0.39, 0.29) is 23.8 Å². The molecule has 20 heavy (non-hydrogen) atoms. The molecule has 6 heteroatoms. The van der Waals surface area contributed by atoms with E-state index >= 15 is 0 Å². The molecule has 2 atom stereocenters. The first kappa shape index (κ1) is 16.9. The van der Waals surface area contributed by atoms with Gasteiger partial charge in [0.2, 0.25) is 5.91 Å². The quantitative estimate of drug-likeness (QED) is 0.542. The SMILES string of the molecule is COCCCNC(=O)C(C)N1CCC[C@H](C(=O)OC)C1. The average Bonchev–Trinajstić information content (AvgIpc) is 2.49. The van der Waals surface area contributed by atoms with Crippen LogP contribution in [0.5, 0.6) is 0 Å². The summed E-state index contributed by atoms with van der Waals surface area (Å²) in [5, 5.41) is 2.90. The van der Waals surface area contributed by atoms with Crippen molar-refractivity contribution in [1.29, 1.82) is 0 Å². The number of carbonyl (C=O) groups excluding carboxylic acids is 2. The maximum atomic E-state index is 12.0. The number of nitrogens with zero attached hydrogens (tertiary/aromatic N) is 1. The molecule has 1 fully saturated rings. The highest BCUT2D eigenvalue weighted by atomic mass is 16.5. The number of amides is 1. The van der Waals surface area contributed by atoms with Gasteiger partial charge < -0.3 is 14.8 Å². The lowest BCUT2D eigenvalue weighted by Crippen LogP contribution is -2.50. The van der Waals surface area contributed by atoms with Crippen LogP contribution in [0.25, 0.3) is 0 Å². The molecule has 0 aromatic carbocycles. The van der Waals surface area contributed by atoms with Crippen LogP contribution in [0.4, 0.5) is 0 Å². The molecular weight excluding hydrogens is 260 g/mol. The lowest BCUT2D eigenvalue weighted by atomic mass is 9.97. The fourth-order valence-electron chi connectivity index (χ4n) is 2.46. The van der Waals surface area contributed by atoms with Gasteiger partial charge in [-0.2, -0.15) is 0 Å². The molecule has 0 bridgehead atoms. The first-order chi connectivity index (χ1) is 9.60. The standard InChI is InChI=1S/C14H26N2O4/c1-11(13(17)15-7-5-9-19-2)16-8-4-6-12(10-16)14(18)20-3/h11-12H,4-10H2,1-3H3,(H,15,17)/t11?,12-/m0/s1. The maximum absolute atomic E-state index is 12.0. The molecule has 0 aliphatic carbocycles. The van der Waals surface area contributed by atoms with Gasteiger partial charge in [-0.05, 0) is 32.7 Å². The first-order valence-electron chi connectivity index (χ1n) is 7.18. The van der Waals surface area contributed by atoms with E-state index in [1.54, 1.807) is 7.11 Å². The molecule has 6 nitrogen and oxygen atoms in total. The minimum absolute atomic E-state index is 0.00613. The highest BCUT2D eigenvalue weighted by Crippen LogP contribution is 2.19. The lowest BCUT2D eigenvalue weighted by molar-refractivity contribution is -0.148. The van der Waals surface area contributed by atoms with E-state index in [1.807, 2.05) is 6.92 Å². The smallest absolute Gasteiger partial charge is 0.309 e. The van der Waals surface area contributed by atoms with E-state index in [1.165, 1.54) is 7.11 Å². The minimum atomic E-state index is -0.218. The number of methoxy groups -OCH3 is 2. The Bertz CT molecular complexity index is 322. The zero-order chi connectivity index (χ0) is 15.0. The molecule has 1 aliphatic heterocycles. The number of nitrogens with one attached hydrogen (secondary N) is 1. The molecule has 0 spiro atoms. The molecule has 0 aromatic heterocycles. The number of esters is 1. The Labute approximate surface area is 120 Å². The van der Waals surface area contributed by atoms with Gasteiger partial charge >= 0.3 is 5.97 Å². The van der Waals surface area contributed by atoms with Crippen molar-refractivity contribution in [1.82, 2.24) is 10.2 Å². The molecule has 1 N–H and O–H groups in total. The van der Waals surface area contributed by atoms with Crippen molar-refractivity contribution in [3.8, 4) is 0 Å². The first-order valence-corrected chi connectivity index (χ1v) is 7.18. The third kappa shape index (κ3) is 5.09. The van der Waals surface area contributed by atoms with Crippen LogP contribution < -0.4 is 5.32 Å². The molecule has 1 rings (SSSR count). The number of rotatable bonds is 7. The molecular formula is C14H26N2O4. The van der Waals surface area contributed by atoms with Crippen LogP contribution in [0.15, 0.2) is 0 Å². The van der Waals surface area contributed by atoms with Gasteiger partial charge in [-0.25, -0.2) is 0 Å². The highest BCUT2D eigenvalue weighted by Gasteiger charge is 2.31. The van der Waals surface area contributed by atoms with Gasteiger partial charge in [0, 0.05) is 26.8 Å². The van der Waals surface area contributed by atoms with Gasteiger partial charge in [-0.3, -0.25) is 14.5 Å². The van der Waals surface area contributed by atoms with Crippen molar-refractivity contribution in [2.75, 3.05) is 40.5 Å². The predicted molar refractivity (Wildman–Crippen MR) is 75.3 cm³/mol. The van der Waals surface area contributed by atoms with E-state index in [9.17, 15) is 9.59 Å². The van der Waals surface area contributed by atoms with Crippen LogP contribution >= 0.6 is 0 Å². The van der Waals surface area contributed by atoms with Crippen molar-refractivity contribution >= 4 is 11.9 Å². The van der Waals surface area contributed by atoms with Crippen molar-refractivity contribution in [3.05, 3.63) is 0 Å². The van der Waals surface area contributed by atoms with Crippen molar-refractivity contribution in [3.63, 3.8) is 0 Å². The number of piperidine rings is 1. The molecule has 1 amide bonds. The Morgan fingerprint density at radius 3 is 2.80 bits per heavy atom. The van der Waals surface area contributed by atoms with Crippen molar-refractivity contribution < 1.29 is 19.1 Å². The van der Waals surface area contributed by atoms with Crippen LogP contribution in [0.3, 0.4) is 0 Å². The largest absolute Gasteiger partial charge is 0.469 e. The number of ether oxygens (including phenoxy) is 2. The van der Waals surface area contributed by atoms with Gasteiger partial charge in [0.25, 0.3) is 0 Å². The number of likely N-dealkylation sites (tertiary alicyclic amines) is 1. The normalized spacial score (nSPS) is 21.2. The summed E-state index contributed by atoms with van der Waals surface area (Å²) < 4.78 is 9.73. The minimum Gasteiger partial charge on any atom is -0.469 e. The topological polar surface area (TPSA) is 67.9 Å². The van der Waals surface area contributed by atoms with Crippen molar-refractivity contribution in [2.24, 2.45) is 5.92 Å². The summed E-state index contributed by atoms with van der Waals surface area (Å²) in [5.41, 5.74) is 0. The Morgan fingerprint density at radius 1 is 1.40 bits per heavy atom. The van der Waals surface area contributed by atoms with E-state index < -0.39 is 0 Å². The van der Waals surface area contributed by atoms with Crippen LogP contribution in [0.2, 0.25) is 0 Å². The van der Waals surface area contributed by atoms with Gasteiger partial charge in [0.1, 0.15) is 0 Å². The van der Waals surface area contributed by atoms with Crippen LogP contribution in [-0.4, -0.2) is 63.3 Å². The zero-order valence-electron chi connectivity index (χ0n) is 12.7. The molecule has 1 saturated heterocycles. The van der Waals surface area contributed by atoms with Crippen LogP contribution in [-0.2, 0) is 19.1 Å². The van der Waals surface area contributed by atoms with Crippen LogP contribution in [0, 0.1) is 5.92 Å². The molecule has 1 heterocycles. The summed E-state index contributed by atoms with van der Waals surface area (Å²) in [4.78, 5) is 25.7. The molecule has 0 radical (unpaired) electrons. The highest BCUT2D eigenvalue weighted by molar-refractivity contribution is 5.81. The maximum Gasteiger partial charge on any atom is 0.309 e. The number of hydrogen-bond acceptors (Lipinski definition) is 5. The second-order valence-electron chi connectivity index (χ2n) is 5.17. The predicted octanol–water partition coefficient (Wildman–Crippen LogP) is 0.413. The van der Waals surface area contributed by atoms with Gasteiger partial charge in [0.05, 0.1) is 19.1 Å². The summed E-state index contributed by atoms with van der Waals surface area (Å²) >= 11 is 0. The second-order valence-corrected chi connectivity index (χ2v) is 5.17. The van der Waals surface area contributed by atoms with E-state index in [0.29, 0.717) is 19.7 Å². The number of hydrogen-bond donors (Lipinski definition) is 1. The van der Waals surface area contributed by atoms with Crippen LogP contribution in [0.1, 0.15) is 26.2 Å². The Morgan fingerprint density at radius 2 is 2.15 bits per heavy atom. The van der Waals surface area contributed by atoms with Crippen molar-refractivity contribution in [2.45, 2.75) is 32.2 Å².